The first-order valence-electron chi connectivity index (χ1n) is 14.6. The second-order valence-corrected chi connectivity index (χ2v) is 11.6. The Hall–Kier alpha value is -3.46. The zero-order valence-electron chi connectivity index (χ0n) is 23.7. The summed E-state index contributed by atoms with van der Waals surface area (Å²) in [6.07, 6.45) is 4.92. The Kier molecular flexibility index (Phi) is 9.16. The van der Waals surface area contributed by atoms with Crippen molar-refractivity contribution < 1.29 is 24.2 Å². The number of hydrogen-bond donors (Lipinski definition) is 1. The number of carbonyl (C=O) groups excluding carboxylic acids is 3. The van der Waals surface area contributed by atoms with Crippen LogP contribution in [-0.2, 0) is 25.7 Å². The highest BCUT2D eigenvalue weighted by atomic mass is 35.5. The Balaban J connectivity index is 1.52. The van der Waals surface area contributed by atoms with Crippen LogP contribution in [0.3, 0.4) is 0 Å². The maximum absolute atomic E-state index is 14.5. The van der Waals surface area contributed by atoms with Gasteiger partial charge in [0.2, 0.25) is 11.8 Å². The van der Waals surface area contributed by atoms with Crippen LogP contribution in [0.5, 0.6) is 0 Å². The van der Waals surface area contributed by atoms with Gasteiger partial charge in [-0.15, -0.1) is 13.2 Å². The van der Waals surface area contributed by atoms with Gasteiger partial charge in [0, 0.05) is 32.8 Å². The molecule has 3 fully saturated rings. The average Bonchev–Trinajstić information content (AvgIpc) is 3.64. The summed E-state index contributed by atoms with van der Waals surface area (Å²) in [5, 5.41) is 9.85. The van der Waals surface area contributed by atoms with Gasteiger partial charge >= 0.3 is 0 Å². The Morgan fingerprint density at radius 2 is 1.76 bits per heavy atom. The molecular weight excluding hydrogens is 554 g/mol. The predicted molar refractivity (Wildman–Crippen MR) is 162 cm³/mol. The molecule has 222 valence electrons. The summed E-state index contributed by atoms with van der Waals surface area (Å²) in [5.41, 5.74) is 0.362. The minimum Gasteiger partial charge on any atom is -0.396 e. The highest BCUT2D eigenvalue weighted by Crippen LogP contribution is 2.59. The van der Waals surface area contributed by atoms with Crippen molar-refractivity contribution in [3.8, 4) is 0 Å². The number of ether oxygens (including phenoxy) is 1. The first-order chi connectivity index (χ1) is 20.4. The molecule has 0 radical (unpaired) electrons. The molecule has 3 amide bonds. The lowest BCUT2D eigenvalue weighted by molar-refractivity contribution is -0.145. The van der Waals surface area contributed by atoms with Gasteiger partial charge in [0.1, 0.15) is 11.6 Å². The monoisotopic (exact) mass is 591 g/mol. The number of rotatable bonds is 13. The van der Waals surface area contributed by atoms with Crippen molar-refractivity contribution in [2.45, 2.75) is 50.0 Å². The minimum atomic E-state index is -1.13. The lowest BCUT2D eigenvalue weighted by Gasteiger charge is -2.37. The molecule has 5 atom stereocenters. The van der Waals surface area contributed by atoms with Crippen molar-refractivity contribution in [3.63, 3.8) is 0 Å². The first-order valence-corrected chi connectivity index (χ1v) is 14.9. The first kappa shape index (κ1) is 30.0. The molecule has 2 aromatic carbocycles. The lowest BCUT2D eigenvalue weighted by Crippen LogP contribution is -2.56. The fourth-order valence-corrected chi connectivity index (χ4v) is 7.24. The zero-order chi connectivity index (χ0) is 29.9. The normalized spacial score (nSPS) is 25.8. The van der Waals surface area contributed by atoms with Crippen LogP contribution in [0.4, 0.5) is 5.69 Å². The van der Waals surface area contributed by atoms with E-state index in [9.17, 15) is 19.5 Å². The number of para-hydroxylation sites is 1. The van der Waals surface area contributed by atoms with Gasteiger partial charge in [-0.3, -0.25) is 14.4 Å². The highest BCUT2D eigenvalue weighted by molar-refractivity contribution is 6.34. The quantitative estimate of drug-likeness (QED) is 0.278. The van der Waals surface area contributed by atoms with Gasteiger partial charge in [0.05, 0.1) is 28.6 Å². The van der Waals surface area contributed by atoms with Crippen LogP contribution in [0.15, 0.2) is 79.9 Å². The van der Waals surface area contributed by atoms with E-state index in [4.69, 9.17) is 16.3 Å². The summed E-state index contributed by atoms with van der Waals surface area (Å²) < 4.78 is 6.64. The molecule has 1 N–H and O–H groups in total. The summed E-state index contributed by atoms with van der Waals surface area (Å²) in [7, 11) is 0. The van der Waals surface area contributed by atoms with Crippen LogP contribution in [0.1, 0.15) is 31.2 Å². The van der Waals surface area contributed by atoms with Crippen LogP contribution in [0.25, 0.3) is 0 Å². The molecule has 3 aliphatic rings. The predicted octanol–water partition coefficient (Wildman–Crippen LogP) is 4.22. The zero-order valence-corrected chi connectivity index (χ0v) is 24.5. The number of nitrogens with zero attached hydrogens (tertiary/aromatic N) is 3. The molecule has 0 aromatic heterocycles. The third kappa shape index (κ3) is 5.27. The summed E-state index contributed by atoms with van der Waals surface area (Å²) in [5.74, 6) is -2.22. The van der Waals surface area contributed by atoms with Crippen molar-refractivity contribution in [1.29, 1.82) is 0 Å². The third-order valence-corrected chi connectivity index (χ3v) is 9.04. The number of fused-ring (bicyclic) bond motifs is 1. The molecule has 2 aromatic rings. The molecular formula is C33H38ClN3O5. The number of hydrogen-bond acceptors (Lipinski definition) is 5. The average molecular weight is 592 g/mol. The van der Waals surface area contributed by atoms with Gasteiger partial charge in [-0.1, -0.05) is 66.2 Å². The van der Waals surface area contributed by atoms with Gasteiger partial charge in [-0.2, -0.15) is 0 Å². The number of benzene rings is 2. The van der Waals surface area contributed by atoms with E-state index in [1.807, 2.05) is 30.3 Å². The van der Waals surface area contributed by atoms with E-state index in [0.717, 1.165) is 5.56 Å². The molecule has 3 aliphatic heterocycles. The van der Waals surface area contributed by atoms with E-state index in [1.54, 1.807) is 51.1 Å². The smallest absolute Gasteiger partial charge is 0.253 e. The molecule has 8 nitrogen and oxygen atoms in total. The van der Waals surface area contributed by atoms with Crippen molar-refractivity contribution in [2.24, 2.45) is 11.8 Å². The molecule has 1 spiro atoms. The van der Waals surface area contributed by atoms with E-state index < -0.39 is 29.6 Å². The SMILES string of the molecule is C=CCN(Cc1ccccc1)C(=O)[C@@H]1[C@@H]2CCC3(O2)C(C(=O)N(CC=C)c2ccccc2Cl)N(CCCCO)C(=O)[C@H]13. The number of carbonyl (C=O) groups is 3. The minimum absolute atomic E-state index is 0.0207. The van der Waals surface area contributed by atoms with E-state index in [-0.39, 0.29) is 37.4 Å². The molecule has 2 bridgehead atoms. The molecule has 2 unspecified atom stereocenters. The van der Waals surface area contributed by atoms with Crippen LogP contribution in [0.2, 0.25) is 5.02 Å². The standard InChI is InChI=1S/C33H38ClN3O5/c1-3-18-35(22-23-12-6-5-7-13-23)30(39)27-26-16-17-33(42-26)28(27)31(40)37(20-10-11-21-38)29(33)32(41)36(19-4-2)25-15-9-8-14-24(25)34/h3-9,12-15,26-29,38H,1-2,10-11,16-22H2/t26-,27+,28-,29?,33?/m0/s1. The van der Waals surface area contributed by atoms with Crippen LogP contribution < -0.4 is 4.90 Å². The van der Waals surface area contributed by atoms with E-state index >= 15 is 0 Å². The summed E-state index contributed by atoms with van der Waals surface area (Å²) in [6.45, 7) is 8.84. The number of halogens is 1. The Labute approximate surface area is 252 Å². The van der Waals surface area contributed by atoms with Gasteiger partial charge in [-0.05, 0) is 43.4 Å². The van der Waals surface area contributed by atoms with Gasteiger partial charge in [0.25, 0.3) is 5.91 Å². The van der Waals surface area contributed by atoms with Gasteiger partial charge < -0.3 is 24.5 Å². The maximum Gasteiger partial charge on any atom is 0.253 e. The van der Waals surface area contributed by atoms with Crippen LogP contribution in [-0.4, -0.2) is 76.6 Å². The third-order valence-electron chi connectivity index (χ3n) is 8.72. The number of likely N-dealkylation sites (tertiary alicyclic amines) is 1. The number of anilines is 1. The Morgan fingerprint density at radius 1 is 1.05 bits per heavy atom. The molecule has 42 heavy (non-hydrogen) atoms. The van der Waals surface area contributed by atoms with Crippen molar-refractivity contribution >= 4 is 35.0 Å². The van der Waals surface area contributed by atoms with Crippen molar-refractivity contribution in [1.82, 2.24) is 9.80 Å². The van der Waals surface area contributed by atoms with E-state index in [2.05, 4.69) is 13.2 Å². The molecule has 3 saturated heterocycles. The maximum atomic E-state index is 14.5. The summed E-state index contributed by atoms with van der Waals surface area (Å²) in [4.78, 5) is 47.9. The van der Waals surface area contributed by atoms with Gasteiger partial charge in [0.15, 0.2) is 0 Å². The summed E-state index contributed by atoms with van der Waals surface area (Å²) in [6, 6.07) is 15.8. The Bertz CT molecular complexity index is 1340. The van der Waals surface area contributed by atoms with Crippen LogP contribution in [0, 0.1) is 11.8 Å². The number of amides is 3. The number of aliphatic hydroxyl groups excluding tert-OH is 1. The fraction of sp³-hybridized carbons (Fsp3) is 0.424. The van der Waals surface area contributed by atoms with Crippen LogP contribution >= 0.6 is 11.6 Å². The van der Waals surface area contributed by atoms with Crippen molar-refractivity contribution in [3.05, 3.63) is 90.5 Å². The van der Waals surface area contributed by atoms with E-state index in [1.165, 1.54) is 0 Å². The lowest BCUT2D eigenvalue weighted by atomic mass is 9.70. The summed E-state index contributed by atoms with van der Waals surface area (Å²) >= 11 is 6.53. The van der Waals surface area contributed by atoms with Gasteiger partial charge in [-0.25, -0.2) is 0 Å². The second kappa shape index (κ2) is 12.8. The molecule has 0 aliphatic carbocycles. The molecule has 3 heterocycles. The topological polar surface area (TPSA) is 90.4 Å². The number of aliphatic hydroxyl groups is 1. The second-order valence-electron chi connectivity index (χ2n) is 11.2. The molecule has 9 heteroatoms. The largest absolute Gasteiger partial charge is 0.396 e. The van der Waals surface area contributed by atoms with E-state index in [0.29, 0.717) is 49.5 Å². The highest BCUT2D eigenvalue weighted by Gasteiger charge is 2.74. The van der Waals surface area contributed by atoms with Crippen molar-refractivity contribution in [2.75, 3.05) is 31.1 Å². The molecule has 0 saturated carbocycles. The molecule has 5 rings (SSSR count). The number of unbranched alkanes of at least 4 members (excludes halogenated alkanes) is 1. The fourth-order valence-electron chi connectivity index (χ4n) is 7.01. The Morgan fingerprint density at radius 3 is 2.45 bits per heavy atom.